The fourth-order valence-corrected chi connectivity index (χ4v) is 4.08. The maximum absolute atomic E-state index is 13.0. The Labute approximate surface area is 135 Å². The summed E-state index contributed by atoms with van der Waals surface area (Å²) in [7, 11) is 0. The van der Waals surface area contributed by atoms with Gasteiger partial charge in [-0.3, -0.25) is 9.69 Å². The molecule has 0 radical (unpaired) electrons. The molecule has 23 heavy (non-hydrogen) atoms. The lowest BCUT2D eigenvalue weighted by atomic mass is 9.75. The Hall–Kier alpha value is -0.820. The van der Waals surface area contributed by atoms with Gasteiger partial charge < -0.3 is 9.84 Å². The number of aliphatic carboxylic acids is 1. The lowest BCUT2D eigenvalue weighted by molar-refractivity contribution is -0.162. The first-order valence-corrected chi connectivity index (χ1v) is 8.29. The third kappa shape index (κ3) is 4.18. The molecular formula is C16H26F3NO3. The Bertz CT molecular complexity index is 421. The second-order valence-electron chi connectivity index (χ2n) is 7.14. The number of carboxylic acids is 1. The lowest BCUT2D eigenvalue weighted by Crippen LogP contribution is -2.50. The molecule has 4 nitrogen and oxygen atoms in total. The number of carbonyl (C=O) groups is 1. The monoisotopic (exact) mass is 337 g/mol. The summed E-state index contributed by atoms with van der Waals surface area (Å²) in [6.07, 6.45) is -1.86. The van der Waals surface area contributed by atoms with Gasteiger partial charge in [-0.2, -0.15) is 13.2 Å². The van der Waals surface area contributed by atoms with Crippen LogP contribution in [0, 0.1) is 11.3 Å². The minimum Gasteiger partial charge on any atom is -0.481 e. The second-order valence-corrected chi connectivity index (χ2v) is 7.14. The molecule has 0 amide bonds. The predicted octanol–water partition coefficient (Wildman–Crippen LogP) is 3.31. The van der Waals surface area contributed by atoms with E-state index < -0.39 is 24.1 Å². The highest BCUT2D eigenvalue weighted by molar-refractivity contribution is 5.75. The summed E-state index contributed by atoms with van der Waals surface area (Å²) in [5.74, 6) is -0.971. The van der Waals surface area contributed by atoms with Crippen molar-refractivity contribution in [3.63, 3.8) is 0 Å². The molecule has 1 saturated heterocycles. The molecule has 0 spiro atoms. The van der Waals surface area contributed by atoms with Gasteiger partial charge in [-0.05, 0) is 38.0 Å². The van der Waals surface area contributed by atoms with Gasteiger partial charge in [0.25, 0.3) is 0 Å². The molecule has 1 aliphatic carbocycles. The van der Waals surface area contributed by atoms with Crippen LogP contribution < -0.4 is 0 Å². The van der Waals surface area contributed by atoms with E-state index in [-0.39, 0.29) is 18.0 Å². The van der Waals surface area contributed by atoms with E-state index in [0.29, 0.717) is 45.3 Å². The summed E-state index contributed by atoms with van der Waals surface area (Å²) in [6, 6.07) is -0.495. The van der Waals surface area contributed by atoms with Crippen molar-refractivity contribution in [3.05, 3.63) is 0 Å². The third-order valence-electron chi connectivity index (χ3n) is 5.55. The van der Waals surface area contributed by atoms with Crippen molar-refractivity contribution in [2.75, 3.05) is 19.8 Å². The van der Waals surface area contributed by atoms with E-state index in [4.69, 9.17) is 4.74 Å². The zero-order chi connectivity index (χ0) is 17.3. The van der Waals surface area contributed by atoms with Crippen molar-refractivity contribution in [1.82, 2.24) is 4.90 Å². The lowest BCUT2D eigenvalue weighted by Gasteiger charge is -2.39. The van der Waals surface area contributed by atoms with Crippen LogP contribution in [-0.2, 0) is 9.53 Å². The molecule has 2 rings (SSSR count). The number of hydrogen-bond donors (Lipinski definition) is 1. The van der Waals surface area contributed by atoms with E-state index in [1.54, 1.807) is 0 Å². The molecule has 0 bridgehead atoms. The summed E-state index contributed by atoms with van der Waals surface area (Å²) in [6.45, 7) is 3.67. The average molecular weight is 337 g/mol. The van der Waals surface area contributed by atoms with Gasteiger partial charge in [0.1, 0.15) is 0 Å². The van der Waals surface area contributed by atoms with E-state index >= 15 is 0 Å². The van der Waals surface area contributed by atoms with Gasteiger partial charge in [0.2, 0.25) is 0 Å². The SMILES string of the molecule is CC(C)[C@]1(C(=O)O)CCC(N(CC(F)(F)F)C2CCOCC2)C1. The molecule has 1 saturated carbocycles. The van der Waals surface area contributed by atoms with Crippen LogP contribution in [0.2, 0.25) is 0 Å². The van der Waals surface area contributed by atoms with Crippen molar-refractivity contribution in [1.29, 1.82) is 0 Å². The maximum Gasteiger partial charge on any atom is 0.401 e. The summed E-state index contributed by atoms with van der Waals surface area (Å²) in [5.41, 5.74) is -0.903. The van der Waals surface area contributed by atoms with E-state index in [2.05, 4.69) is 0 Å². The third-order valence-corrected chi connectivity index (χ3v) is 5.55. The number of carboxylic acid groups (broad SMARTS) is 1. The minimum atomic E-state index is -4.27. The molecule has 1 N–H and O–H groups in total. The molecule has 0 aromatic heterocycles. The first kappa shape index (κ1) is 18.5. The standard InChI is InChI=1S/C16H26F3NO3/c1-11(2)15(14(21)22)6-3-13(9-15)20(10-16(17,18)19)12-4-7-23-8-5-12/h11-13H,3-10H2,1-2H3,(H,21,22)/t13?,15-/m0/s1. The summed E-state index contributed by atoms with van der Waals surface area (Å²) in [5, 5.41) is 9.62. The number of alkyl halides is 3. The van der Waals surface area contributed by atoms with Crippen LogP contribution in [0.1, 0.15) is 46.0 Å². The maximum atomic E-state index is 13.0. The van der Waals surface area contributed by atoms with Gasteiger partial charge in [0.05, 0.1) is 12.0 Å². The molecule has 1 unspecified atom stereocenters. The van der Waals surface area contributed by atoms with Gasteiger partial charge in [0, 0.05) is 25.3 Å². The summed E-state index contributed by atoms with van der Waals surface area (Å²) < 4.78 is 44.4. The van der Waals surface area contributed by atoms with Gasteiger partial charge in [0.15, 0.2) is 0 Å². The van der Waals surface area contributed by atoms with Crippen molar-refractivity contribution < 1.29 is 27.8 Å². The fourth-order valence-electron chi connectivity index (χ4n) is 4.08. The number of nitrogens with zero attached hydrogens (tertiary/aromatic N) is 1. The van der Waals surface area contributed by atoms with Crippen molar-refractivity contribution in [2.45, 2.75) is 64.2 Å². The van der Waals surface area contributed by atoms with Crippen LogP contribution in [0.4, 0.5) is 13.2 Å². The molecule has 7 heteroatoms. The Morgan fingerprint density at radius 3 is 2.30 bits per heavy atom. The van der Waals surface area contributed by atoms with Crippen LogP contribution in [0.5, 0.6) is 0 Å². The normalized spacial score (nSPS) is 30.3. The van der Waals surface area contributed by atoms with Crippen LogP contribution in [0.25, 0.3) is 0 Å². The predicted molar refractivity (Wildman–Crippen MR) is 79.1 cm³/mol. The quantitative estimate of drug-likeness (QED) is 0.836. The van der Waals surface area contributed by atoms with Crippen LogP contribution >= 0.6 is 0 Å². The summed E-state index contributed by atoms with van der Waals surface area (Å²) in [4.78, 5) is 13.2. The van der Waals surface area contributed by atoms with Gasteiger partial charge in [-0.15, -0.1) is 0 Å². The topological polar surface area (TPSA) is 49.8 Å². The molecule has 2 aliphatic rings. The molecule has 0 aromatic carbocycles. The fraction of sp³-hybridized carbons (Fsp3) is 0.938. The Balaban J connectivity index is 2.17. The number of hydrogen-bond acceptors (Lipinski definition) is 3. The smallest absolute Gasteiger partial charge is 0.401 e. The first-order valence-electron chi connectivity index (χ1n) is 8.29. The van der Waals surface area contributed by atoms with Gasteiger partial charge in [-0.25, -0.2) is 0 Å². The number of rotatable bonds is 5. The Kier molecular flexibility index (Phi) is 5.61. The van der Waals surface area contributed by atoms with E-state index in [9.17, 15) is 23.1 Å². The largest absolute Gasteiger partial charge is 0.481 e. The molecule has 1 heterocycles. The van der Waals surface area contributed by atoms with Crippen molar-refractivity contribution in [3.8, 4) is 0 Å². The number of halogens is 3. The molecule has 0 aromatic rings. The van der Waals surface area contributed by atoms with Crippen LogP contribution in [0.3, 0.4) is 0 Å². The van der Waals surface area contributed by atoms with E-state index in [1.807, 2.05) is 13.8 Å². The zero-order valence-electron chi connectivity index (χ0n) is 13.7. The molecule has 134 valence electrons. The van der Waals surface area contributed by atoms with E-state index in [0.717, 1.165) is 0 Å². The number of ether oxygens (including phenoxy) is 1. The highest BCUT2D eigenvalue weighted by Gasteiger charge is 2.51. The molecule has 1 aliphatic heterocycles. The Morgan fingerprint density at radius 1 is 1.26 bits per heavy atom. The minimum absolute atomic E-state index is 0.0903. The van der Waals surface area contributed by atoms with Gasteiger partial charge in [-0.1, -0.05) is 13.8 Å². The van der Waals surface area contributed by atoms with Crippen LogP contribution in [0.15, 0.2) is 0 Å². The molecular weight excluding hydrogens is 311 g/mol. The van der Waals surface area contributed by atoms with Crippen LogP contribution in [-0.4, -0.2) is 54.0 Å². The highest BCUT2D eigenvalue weighted by Crippen LogP contribution is 2.47. The van der Waals surface area contributed by atoms with Crippen molar-refractivity contribution in [2.24, 2.45) is 11.3 Å². The van der Waals surface area contributed by atoms with Crippen molar-refractivity contribution >= 4 is 5.97 Å². The van der Waals surface area contributed by atoms with E-state index in [1.165, 1.54) is 4.90 Å². The first-order chi connectivity index (χ1) is 10.7. The zero-order valence-corrected chi connectivity index (χ0v) is 13.7. The summed E-state index contributed by atoms with van der Waals surface area (Å²) >= 11 is 0. The Morgan fingerprint density at radius 2 is 1.87 bits per heavy atom. The average Bonchev–Trinajstić information content (AvgIpc) is 2.91. The second kappa shape index (κ2) is 6.97. The molecule has 2 atom stereocenters. The molecule has 2 fully saturated rings. The van der Waals surface area contributed by atoms with Gasteiger partial charge >= 0.3 is 12.1 Å². The highest BCUT2D eigenvalue weighted by atomic mass is 19.4.